The molecule has 4 nitrogen and oxygen atoms in total. The second-order valence-corrected chi connectivity index (χ2v) is 4.89. The van der Waals surface area contributed by atoms with Gasteiger partial charge in [0.05, 0.1) is 6.61 Å². The summed E-state index contributed by atoms with van der Waals surface area (Å²) < 4.78 is 0. The number of aryl methyl sites for hydroxylation is 1. The fourth-order valence-electron chi connectivity index (χ4n) is 2.57. The number of aliphatic hydroxyl groups excluding tert-OH is 1. The third-order valence-corrected chi connectivity index (χ3v) is 3.55. The summed E-state index contributed by atoms with van der Waals surface area (Å²) in [7, 11) is 0. The third-order valence-electron chi connectivity index (χ3n) is 3.55. The molecule has 1 aromatic heterocycles. The first kappa shape index (κ1) is 13.3. The lowest BCUT2D eigenvalue weighted by Crippen LogP contribution is -2.30. The molecule has 0 bridgehead atoms. The Morgan fingerprint density at radius 2 is 2.06 bits per heavy atom. The smallest absolute Gasteiger partial charge is 0.135 e. The highest BCUT2D eigenvalue weighted by Gasteiger charge is 2.19. The van der Waals surface area contributed by atoms with E-state index in [0.29, 0.717) is 6.54 Å². The van der Waals surface area contributed by atoms with Crippen LogP contribution in [0.1, 0.15) is 43.9 Å². The second-order valence-electron chi connectivity index (χ2n) is 4.89. The summed E-state index contributed by atoms with van der Waals surface area (Å²) in [6, 6.07) is 0. The first-order valence-corrected chi connectivity index (χ1v) is 7.05. The number of aliphatic hydroxyl groups is 1. The fraction of sp³-hybridized carbons (Fsp3) is 0.714. The van der Waals surface area contributed by atoms with E-state index in [1.165, 1.54) is 24.1 Å². The highest BCUT2D eigenvalue weighted by Crippen LogP contribution is 2.27. The molecule has 0 aromatic carbocycles. The monoisotopic (exact) mass is 249 g/mol. The predicted molar refractivity (Wildman–Crippen MR) is 72.9 cm³/mol. The average Bonchev–Trinajstić information content (AvgIpc) is 2.43. The quantitative estimate of drug-likeness (QED) is 0.837. The van der Waals surface area contributed by atoms with Gasteiger partial charge in [0, 0.05) is 24.3 Å². The van der Waals surface area contributed by atoms with Crippen molar-refractivity contribution in [2.45, 2.75) is 45.4 Å². The molecule has 0 unspecified atom stereocenters. The first-order valence-electron chi connectivity index (χ1n) is 7.05. The zero-order valence-electron chi connectivity index (χ0n) is 11.2. The molecule has 1 aliphatic carbocycles. The van der Waals surface area contributed by atoms with Crippen LogP contribution in [0.25, 0.3) is 0 Å². The van der Waals surface area contributed by atoms with Crippen molar-refractivity contribution in [3.8, 4) is 0 Å². The SMILES string of the molecule is CCCCN(CCO)c1ncnc2c1CCCC2. The molecule has 0 saturated heterocycles. The van der Waals surface area contributed by atoms with Crippen molar-refractivity contribution in [2.75, 3.05) is 24.6 Å². The minimum atomic E-state index is 0.183. The molecule has 1 aliphatic rings. The van der Waals surface area contributed by atoms with Gasteiger partial charge in [0.1, 0.15) is 12.1 Å². The molecule has 100 valence electrons. The summed E-state index contributed by atoms with van der Waals surface area (Å²) in [5.41, 5.74) is 2.53. The van der Waals surface area contributed by atoms with Crippen LogP contribution in [0.2, 0.25) is 0 Å². The minimum Gasteiger partial charge on any atom is -0.395 e. The van der Waals surface area contributed by atoms with Crippen LogP contribution in [0.4, 0.5) is 5.82 Å². The number of aromatic nitrogens is 2. The molecular formula is C14H23N3O. The molecule has 1 heterocycles. The van der Waals surface area contributed by atoms with E-state index in [1.807, 2.05) is 0 Å². The van der Waals surface area contributed by atoms with Crippen LogP contribution >= 0.6 is 0 Å². The molecule has 0 fully saturated rings. The van der Waals surface area contributed by atoms with Gasteiger partial charge in [0.25, 0.3) is 0 Å². The van der Waals surface area contributed by atoms with Crippen LogP contribution in [-0.4, -0.2) is 34.8 Å². The summed E-state index contributed by atoms with van der Waals surface area (Å²) in [4.78, 5) is 11.1. The highest BCUT2D eigenvalue weighted by atomic mass is 16.3. The third kappa shape index (κ3) is 2.99. The van der Waals surface area contributed by atoms with Gasteiger partial charge in [-0.25, -0.2) is 9.97 Å². The van der Waals surface area contributed by atoms with Crippen molar-refractivity contribution in [1.29, 1.82) is 0 Å². The van der Waals surface area contributed by atoms with E-state index in [9.17, 15) is 5.11 Å². The van der Waals surface area contributed by atoms with E-state index in [0.717, 1.165) is 38.0 Å². The number of unbranched alkanes of at least 4 members (excludes halogenated alkanes) is 1. The number of nitrogens with zero attached hydrogens (tertiary/aromatic N) is 3. The molecule has 0 amide bonds. The molecule has 0 radical (unpaired) electrons. The van der Waals surface area contributed by atoms with Gasteiger partial charge in [-0.05, 0) is 32.1 Å². The van der Waals surface area contributed by atoms with Gasteiger partial charge in [-0.15, -0.1) is 0 Å². The van der Waals surface area contributed by atoms with Crippen LogP contribution in [0.15, 0.2) is 6.33 Å². The summed E-state index contributed by atoms with van der Waals surface area (Å²) in [6.07, 6.45) is 8.60. The highest BCUT2D eigenvalue weighted by molar-refractivity contribution is 5.49. The van der Waals surface area contributed by atoms with Crippen LogP contribution < -0.4 is 4.90 Å². The van der Waals surface area contributed by atoms with E-state index >= 15 is 0 Å². The van der Waals surface area contributed by atoms with Crippen molar-refractivity contribution in [2.24, 2.45) is 0 Å². The largest absolute Gasteiger partial charge is 0.395 e. The van der Waals surface area contributed by atoms with Crippen LogP contribution in [0.3, 0.4) is 0 Å². The van der Waals surface area contributed by atoms with Gasteiger partial charge < -0.3 is 10.0 Å². The number of fused-ring (bicyclic) bond motifs is 1. The van der Waals surface area contributed by atoms with Gasteiger partial charge in [-0.3, -0.25) is 0 Å². The molecule has 1 aromatic rings. The van der Waals surface area contributed by atoms with Crippen molar-refractivity contribution in [3.05, 3.63) is 17.6 Å². The Hall–Kier alpha value is -1.16. The lowest BCUT2D eigenvalue weighted by molar-refractivity contribution is 0.301. The maximum absolute atomic E-state index is 9.22. The summed E-state index contributed by atoms with van der Waals surface area (Å²) in [5.74, 6) is 1.06. The van der Waals surface area contributed by atoms with Crippen molar-refractivity contribution >= 4 is 5.82 Å². The average molecular weight is 249 g/mol. The van der Waals surface area contributed by atoms with Crippen LogP contribution in [-0.2, 0) is 12.8 Å². The zero-order chi connectivity index (χ0) is 12.8. The Morgan fingerprint density at radius 1 is 1.22 bits per heavy atom. The maximum Gasteiger partial charge on any atom is 0.135 e. The molecule has 18 heavy (non-hydrogen) atoms. The Balaban J connectivity index is 2.22. The maximum atomic E-state index is 9.22. The number of anilines is 1. The molecule has 0 atom stereocenters. The van der Waals surface area contributed by atoms with Crippen LogP contribution in [0, 0.1) is 0 Å². The number of hydrogen-bond acceptors (Lipinski definition) is 4. The van der Waals surface area contributed by atoms with Gasteiger partial charge in [-0.1, -0.05) is 13.3 Å². The van der Waals surface area contributed by atoms with E-state index in [1.54, 1.807) is 6.33 Å². The molecular weight excluding hydrogens is 226 g/mol. The molecule has 1 N–H and O–H groups in total. The van der Waals surface area contributed by atoms with E-state index < -0.39 is 0 Å². The number of rotatable bonds is 6. The van der Waals surface area contributed by atoms with Crippen molar-refractivity contribution in [1.82, 2.24) is 9.97 Å². The molecule has 2 rings (SSSR count). The summed E-state index contributed by atoms with van der Waals surface area (Å²) in [5, 5.41) is 9.22. The lowest BCUT2D eigenvalue weighted by atomic mass is 9.96. The van der Waals surface area contributed by atoms with Gasteiger partial charge in [-0.2, -0.15) is 0 Å². The van der Waals surface area contributed by atoms with E-state index in [2.05, 4.69) is 21.8 Å². The Bertz CT molecular complexity index is 381. The predicted octanol–water partition coefficient (Wildman–Crippen LogP) is 1.95. The molecule has 4 heteroatoms. The topological polar surface area (TPSA) is 49.2 Å². The number of hydrogen-bond donors (Lipinski definition) is 1. The van der Waals surface area contributed by atoms with Crippen LogP contribution in [0.5, 0.6) is 0 Å². The molecule has 0 aliphatic heterocycles. The minimum absolute atomic E-state index is 0.183. The van der Waals surface area contributed by atoms with E-state index in [4.69, 9.17) is 0 Å². The Morgan fingerprint density at radius 3 is 2.83 bits per heavy atom. The lowest BCUT2D eigenvalue weighted by Gasteiger charge is -2.27. The Labute approximate surface area is 109 Å². The Kier molecular flexibility index (Phi) is 4.93. The van der Waals surface area contributed by atoms with Crippen molar-refractivity contribution in [3.63, 3.8) is 0 Å². The second kappa shape index (κ2) is 6.69. The normalized spacial score (nSPS) is 14.3. The summed E-state index contributed by atoms with van der Waals surface area (Å²) >= 11 is 0. The van der Waals surface area contributed by atoms with Gasteiger partial charge in [0.15, 0.2) is 0 Å². The first-order chi connectivity index (χ1) is 8.86. The van der Waals surface area contributed by atoms with Gasteiger partial charge >= 0.3 is 0 Å². The standard InChI is InChI=1S/C14H23N3O/c1-2-3-8-17(9-10-18)14-12-6-4-5-7-13(12)15-11-16-14/h11,18H,2-10H2,1H3. The van der Waals surface area contributed by atoms with E-state index in [-0.39, 0.29) is 6.61 Å². The zero-order valence-corrected chi connectivity index (χ0v) is 11.2. The summed E-state index contributed by atoms with van der Waals surface area (Å²) in [6.45, 7) is 4.01. The fourth-order valence-corrected chi connectivity index (χ4v) is 2.57. The molecule has 0 spiro atoms. The molecule has 0 saturated carbocycles. The van der Waals surface area contributed by atoms with Gasteiger partial charge in [0.2, 0.25) is 0 Å². The van der Waals surface area contributed by atoms with Crippen molar-refractivity contribution < 1.29 is 5.11 Å².